The number of carbonyl (C=O) groups excluding carboxylic acids is 1. The highest BCUT2D eigenvalue weighted by atomic mass is 35.5. The topological polar surface area (TPSA) is 132 Å². The number of benzene rings is 3. The molecule has 36 heavy (non-hydrogen) atoms. The predicted molar refractivity (Wildman–Crippen MR) is 137 cm³/mol. The number of hydrazone groups is 1. The summed E-state index contributed by atoms with van der Waals surface area (Å²) in [6.45, 7) is 0.870. The van der Waals surface area contributed by atoms with Gasteiger partial charge in [0, 0.05) is 0 Å². The second kappa shape index (κ2) is 12.8. The van der Waals surface area contributed by atoms with Crippen molar-refractivity contribution in [2.75, 3.05) is 23.8 Å². The maximum absolute atomic E-state index is 13.3. The second-order valence-corrected chi connectivity index (χ2v) is 9.16. The van der Waals surface area contributed by atoms with Crippen molar-refractivity contribution in [3.05, 3.63) is 77.3 Å². The average Bonchev–Trinajstić information content (AvgIpc) is 2.83. The zero-order chi connectivity index (χ0) is 26.0. The van der Waals surface area contributed by atoms with Crippen LogP contribution < -0.4 is 25.9 Å². The lowest BCUT2D eigenvalue weighted by molar-refractivity contribution is 0.261. The van der Waals surface area contributed by atoms with Crippen molar-refractivity contribution in [3.8, 4) is 11.5 Å². The molecule has 0 heterocycles. The number of halogens is 2. The van der Waals surface area contributed by atoms with Crippen molar-refractivity contribution in [2.45, 2.75) is 17.7 Å². The molecule has 0 fully saturated rings. The van der Waals surface area contributed by atoms with Crippen LogP contribution in [0.2, 0.25) is 5.02 Å². The number of nitrogens with zero attached hydrogens (tertiary/aromatic N) is 1. The molecule has 4 N–H and O–H groups in total. The lowest BCUT2D eigenvalue weighted by Crippen LogP contribution is -2.20. The van der Waals surface area contributed by atoms with Crippen LogP contribution in [0.5, 0.6) is 11.5 Å². The highest BCUT2D eigenvalue weighted by Gasteiger charge is 2.16. The fourth-order valence-electron chi connectivity index (χ4n) is 3.07. The lowest BCUT2D eigenvalue weighted by Gasteiger charge is -2.14. The minimum absolute atomic E-state index is 0.0449. The predicted octanol–water partition coefficient (Wildman–Crippen LogP) is 5.17. The number of anilines is 2. The molecule has 0 saturated carbocycles. The van der Waals surface area contributed by atoms with Gasteiger partial charge >= 0.3 is 16.3 Å². The van der Waals surface area contributed by atoms with Gasteiger partial charge in [0.1, 0.15) is 16.4 Å². The van der Waals surface area contributed by atoms with Gasteiger partial charge in [-0.25, -0.2) is 4.79 Å². The van der Waals surface area contributed by atoms with E-state index in [9.17, 15) is 17.1 Å². The van der Waals surface area contributed by atoms with E-state index in [2.05, 4.69) is 15.7 Å². The van der Waals surface area contributed by atoms with Gasteiger partial charge in [-0.3, -0.25) is 0 Å². The van der Waals surface area contributed by atoms with E-state index in [0.717, 1.165) is 24.1 Å². The molecule has 0 radical (unpaired) electrons. The number of hydrogen-bond donors (Lipinski definition) is 3. The molecule has 2 amide bonds. The van der Waals surface area contributed by atoms with E-state index in [0.29, 0.717) is 36.8 Å². The lowest BCUT2D eigenvalue weighted by atomic mass is 10.2. The SMILES string of the molecule is NN=Cc1cccc(OCCCCOc2ccccc2NC(=O)Nc2cc(S(=O)(=O)F)ccc2Cl)c1. The van der Waals surface area contributed by atoms with Crippen LogP contribution >= 0.6 is 11.6 Å². The Labute approximate surface area is 213 Å². The van der Waals surface area contributed by atoms with Crippen LogP contribution in [0.15, 0.2) is 76.7 Å². The Hall–Kier alpha value is -3.83. The molecule has 0 aliphatic heterocycles. The summed E-state index contributed by atoms with van der Waals surface area (Å²) in [6, 6.07) is 16.6. The summed E-state index contributed by atoms with van der Waals surface area (Å²) in [5.74, 6) is 6.31. The van der Waals surface area contributed by atoms with Crippen molar-refractivity contribution in [1.82, 2.24) is 0 Å². The van der Waals surface area contributed by atoms with Gasteiger partial charge in [0.2, 0.25) is 0 Å². The molecule has 0 atom stereocenters. The average molecular weight is 535 g/mol. The number of nitrogens with two attached hydrogens (primary N) is 1. The van der Waals surface area contributed by atoms with Crippen LogP contribution in [0.1, 0.15) is 18.4 Å². The fraction of sp³-hybridized carbons (Fsp3) is 0.167. The van der Waals surface area contributed by atoms with Crippen LogP contribution in [0.3, 0.4) is 0 Å². The largest absolute Gasteiger partial charge is 0.494 e. The smallest absolute Gasteiger partial charge is 0.332 e. The summed E-state index contributed by atoms with van der Waals surface area (Å²) in [5.41, 5.74) is 1.16. The van der Waals surface area contributed by atoms with Crippen LogP contribution in [-0.2, 0) is 10.2 Å². The molecule has 3 rings (SSSR count). The van der Waals surface area contributed by atoms with Crippen molar-refractivity contribution >= 4 is 45.4 Å². The summed E-state index contributed by atoms with van der Waals surface area (Å²) in [7, 11) is -4.95. The van der Waals surface area contributed by atoms with Crippen molar-refractivity contribution in [2.24, 2.45) is 10.9 Å². The Balaban J connectivity index is 1.49. The molecule has 0 bridgehead atoms. The van der Waals surface area contributed by atoms with E-state index in [4.69, 9.17) is 26.9 Å². The zero-order valence-corrected chi connectivity index (χ0v) is 20.6. The summed E-state index contributed by atoms with van der Waals surface area (Å²) in [4.78, 5) is 11.8. The van der Waals surface area contributed by atoms with Gasteiger partial charge in [-0.2, -0.15) is 13.5 Å². The van der Waals surface area contributed by atoms with E-state index in [1.54, 1.807) is 24.3 Å². The summed E-state index contributed by atoms with van der Waals surface area (Å²) < 4.78 is 47.0. The summed E-state index contributed by atoms with van der Waals surface area (Å²) in [5, 5.41) is 8.56. The van der Waals surface area contributed by atoms with Gasteiger partial charge < -0.3 is 25.9 Å². The van der Waals surface area contributed by atoms with Gasteiger partial charge in [0.15, 0.2) is 0 Å². The van der Waals surface area contributed by atoms with E-state index in [-0.39, 0.29) is 10.7 Å². The standard InChI is InChI=1S/C24H24ClFN4O5S/c25-20-11-10-19(36(26,32)33)15-22(20)30-24(31)29-21-8-1-2-9-23(21)35-13-4-3-12-34-18-7-5-6-17(14-18)16-28-27/h1-2,5-11,14-16H,3-4,12-13,27H2,(H2,29,30,31). The van der Waals surface area contributed by atoms with Crippen LogP contribution in [0, 0.1) is 0 Å². The first-order valence-electron chi connectivity index (χ1n) is 10.8. The molecule has 0 saturated heterocycles. The molecule has 0 unspecified atom stereocenters. The number of ether oxygens (including phenoxy) is 2. The first-order valence-corrected chi connectivity index (χ1v) is 12.5. The van der Waals surface area contributed by atoms with Gasteiger partial charge in [-0.15, -0.1) is 3.89 Å². The first-order chi connectivity index (χ1) is 17.3. The van der Waals surface area contributed by atoms with E-state index in [1.165, 1.54) is 12.3 Å². The molecule has 9 nitrogen and oxygen atoms in total. The fourth-order valence-corrected chi connectivity index (χ4v) is 3.72. The first kappa shape index (κ1) is 26.8. The molecule has 0 aliphatic rings. The third-order valence-electron chi connectivity index (χ3n) is 4.75. The minimum atomic E-state index is -4.95. The quantitative estimate of drug-likeness (QED) is 0.102. The minimum Gasteiger partial charge on any atom is -0.494 e. The maximum atomic E-state index is 13.3. The molecule has 0 aromatic heterocycles. The number of nitrogens with one attached hydrogen (secondary N) is 2. The molecule has 12 heteroatoms. The Bertz CT molecular complexity index is 1340. The number of carbonyl (C=O) groups is 1. The Morgan fingerprint density at radius 1 is 0.972 bits per heavy atom. The molecule has 0 aliphatic carbocycles. The number of amides is 2. The maximum Gasteiger partial charge on any atom is 0.332 e. The normalized spacial score (nSPS) is 11.3. The number of rotatable bonds is 11. The number of unbranched alkanes of at least 4 members (excludes halogenated alkanes) is 1. The molecular formula is C24H24ClFN4O5S. The van der Waals surface area contributed by atoms with E-state index in [1.807, 2.05) is 24.3 Å². The monoisotopic (exact) mass is 534 g/mol. The van der Waals surface area contributed by atoms with Crippen LogP contribution in [0.4, 0.5) is 20.1 Å². The van der Waals surface area contributed by atoms with Crippen molar-refractivity contribution < 1.29 is 26.6 Å². The Morgan fingerprint density at radius 3 is 2.44 bits per heavy atom. The Kier molecular flexibility index (Phi) is 9.48. The molecule has 190 valence electrons. The zero-order valence-electron chi connectivity index (χ0n) is 19.0. The third kappa shape index (κ3) is 8.14. The van der Waals surface area contributed by atoms with E-state index < -0.39 is 21.1 Å². The molecule has 3 aromatic carbocycles. The van der Waals surface area contributed by atoms with Crippen LogP contribution in [-0.4, -0.2) is 33.9 Å². The Morgan fingerprint density at radius 2 is 1.69 bits per heavy atom. The highest BCUT2D eigenvalue weighted by molar-refractivity contribution is 7.86. The van der Waals surface area contributed by atoms with Gasteiger partial charge in [0.05, 0.1) is 35.8 Å². The van der Waals surface area contributed by atoms with Crippen molar-refractivity contribution in [1.29, 1.82) is 0 Å². The van der Waals surface area contributed by atoms with Gasteiger partial charge in [-0.1, -0.05) is 35.9 Å². The third-order valence-corrected chi connectivity index (χ3v) is 5.90. The number of para-hydroxylation sites is 2. The summed E-state index contributed by atoms with van der Waals surface area (Å²) >= 11 is 5.99. The van der Waals surface area contributed by atoms with E-state index >= 15 is 0 Å². The van der Waals surface area contributed by atoms with Crippen molar-refractivity contribution in [3.63, 3.8) is 0 Å². The summed E-state index contributed by atoms with van der Waals surface area (Å²) in [6.07, 6.45) is 2.97. The van der Waals surface area contributed by atoms with Gasteiger partial charge in [0.25, 0.3) is 0 Å². The highest BCUT2D eigenvalue weighted by Crippen LogP contribution is 2.28. The van der Waals surface area contributed by atoms with Gasteiger partial charge in [-0.05, 0) is 60.9 Å². The second-order valence-electron chi connectivity index (χ2n) is 7.41. The number of urea groups is 1. The molecular weight excluding hydrogens is 511 g/mol. The molecule has 3 aromatic rings. The number of hydrogen-bond acceptors (Lipinski definition) is 7. The van der Waals surface area contributed by atoms with Crippen LogP contribution in [0.25, 0.3) is 0 Å². The molecule has 0 spiro atoms.